The summed E-state index contributed by atoms with van der Waals surface area (Å²) in [6.07, 6.45) is 8.48. The number of ether oxygens (including phenoxy) is 1. The van der Waals surface area contributed by atoms with E-state index in [0.717, 1.165) is 39.7 Å². The molecule has 2 aromatic carbocycles. The number of imidazole rings is 1. The lowest BCUT2D eigenvalue weighted by molar-refractivity contribution is 0.302. The van der Waals surface area contributed by atoms with Crippen molar-refractivity contribution < 1.29 is 4.74 Å². The molecule has 0 fully saturated rings. The number of thiazole rings is 1. The van der Waals surface area contributed by atoms with Gasteiger partial charge in [-0.2, -0.15) is 0 Å². The number of nitrogens with zero attached hydrogens (tertiary/aromatic N) is 3. The third kappa shape index (κ3) is 4.00. The van der Waals surface area contributed by atoms with Crippen LogP contribution in [-0.4, -0.2) is 21.1 Å². The van der Waals surface area contributed by atoms with Crippen LogP contribution in [0.15, 0.2) is 79.5 Å². The van der Waals surface area contributed by atoms with Gasteiger partial charge in [0.25, 0.3) is 0 Å². The van der Waals surface area contributed by atoms with Crippen LogP contribution in [-0.2, 0) is 6.54 Å². The van der Waals surface area contributed by atoms with Gasteiger partial charge in [-0.1, -0.05) is 30.3 Å². The Labute approximate surface area is 156 Å². The number of aryl methyl sites for hydroxylation is 1. The molecule has 2 aromatic heterocycles. The van der Waals surface area contributed by atoms with Crippen molar-refractivity contribution in [1.82, 2.24) is 14.5 Å². The number of rotatable bonds is 7. The van der Waals surface area contributed by atoms with E-state index in [9.17, 15) is 0 Å². The summed E-state index contributed by atoms with van der Waals surface area (Å²) >= 11 is 1.70. The monoisotopic (exact) mass is 361 g/mol. The quantitative estimate of drug-likeness (QED) is 0.428. The van der Waals surface area contributed by atoms with E-state index in [2.05, 4.69) is 38.8 Å². The molecule has 0 aliphatic carbocycles. The number of aromatic nitrogens is 3. The van der Waals surface area contributed by atoms with Gasteiger partial charge in [-0.3, -0.25) is 0 Å². The van der Waals surface area contributed by atoms with Crippen molar-refractivity contribution in [1.29, 1.82) is 0 Å². The van der Waals surface area contributed by atoms with Crippen molar-refractivity contribution in [2.75, 3.05) is 6.61 Å². The maximum atomic E-state index is 5.82. The highest BCUT2D eigenvalue weighted by Crippen LogP contribution is 2.32. The number of benzene rings is 2. The first-order valence-corrected chi connectivity index (χ1v) is 9.40. The zero-order chi connectivity index (χ0) is 17.6. The fourth-order valence-corrected chi connectivity index (χ4v) is 3.62. The second kappa shape index (κ2) is 7.97. The fraction of sp³-hybridized carbons (Fsp3) is 0.143. The minimum absolute atomic E-state index is 0.691. The van der Waals surface area contributed by atoms with Crippen LogP contribution in [0, 0.1) is 0 Å². The third-order valence-electron chi connectivity index (χ3n) is 4.05. The SMILES string of the molecule is c1ccc(-c2ncc(-c3ccc(OCCCn4ccnc4)cc3)s2)cc1. The van der Waals surface area contributed by atoms with E-state index >= 15 is 0 Å². The molecular weight excluding hydrogens is 342 g/mol. The fourth-order valence-electron chi connectivity index (χ4n) is 2.69. The highest BCUT2D eigenvalue weighted by molar-refractivity contribution is 7.18. The molecule has 0 N–H and O–H groups in total. The summed E-state index contributed by atoms with van der Waals surface area (Å²) in [7, 11) is 0. The van der Waals surface area contributed by atoms with Gasteiger partial charge in [-0.15, -0.1) is 11.3 Å². The summed E-state index contributed by atoms with van der Waals surface area (Å²) in [5.41, 5.74) is 2.32. The van der Waals surface area contributed by atoms with Gasteiger partial charge in [0.2, 0.25) is 0 Å². The van der Waals surface area contributed by atoms with Gasteiger partial charge in [0.15, 0.2) is 0 Å². The summed E-state index contributed by atoms with van der Waals surface area (Å²) in [5.74, 6) is 0.896. The van der Waals surface area contributed by atoms with E-state index in [-0.39, 0.29) is 0 Å². The van der Waals surface area contributed by atoms with E-state index in [4.69, 9.17) is 4.74 Å². The van der Waals surface area contributed by atoms with Gasteiger partial charge >= 0.3 is 0 Å². The first kappa shape index (κ1) is 16.5. The van der Waals surface area contributed by atoms with Crippen molar-refractivity contribution in [2.24, 2.45) is 0 Å². The normalized spacial score (nSPS) is 10.8. The lowest BCUT2D eigenvalue weighted by Crippen LogP contribution is -2.02. The smallest absolute Gasteiger partial charge is 0.123 e. The van der Waals surface area contributed by atoms with Gasteiger partial charge in [0.05, 0.1) is 17.8 Å². The van der Waals surface area contributed by atoms with Crippen molar-refractivity contribution in [3.8, 4) is 26.8 Å². The highest BCUT2D eigenvalue weighted by atomic mass is 32.1. The molecule has 0 unspecified atom stereocenters. The van der Waals surface area contributed by atoms with E-state index in [1.807, 2.05) is 49.1 Å². The molecular formula is C21H19N3OS. The first-order valence-electron chi connectivity index (χ1n) is 8.59. The minimum atomic E-state index is 0.691. The zero-order valence-corrected chi connectivity index (χ0v) is 15.1. The van der Waals surface area contributed by atoms with Crippen LogP contribution in [0.1, 0.15) is 6.42 Å². The third-order valence-corrected chi connectivity index (χ3v) is 5.15. The van der Waals surface area contributed by atoms with E-state index in [1.54, 1.807) is 17.5 Å². The lowest BCUT2D eigenvalue weighted by Gasteiger charge is -2.07. The molecule has 0 radical (unpaired) electrons. The predicted molar refractivity (Wildman–Crippen MR) is 105 cm³/mol. The Balaban J connectivity index is 1.35. The van der Waals surface area contributed by atoms with Crippen molar-refractivity contribution in [3.63, 3.8) is 0 Å². The Morgan fingerprint density at radius 2 is 1.81 bits per heavy atom. The second-order valence-electron chi connectivity index (χ2n) is 5.92. The Morgan fingerprint density at radius 3 is 2.58 bits per heavy atom. The van der Waals surface area contributed by atoms with Crippen LogP contribution in [0.3, 0.4) is 0 Å². The summed E-state index contributed by atoms with van der Waals surface area (Å²) in [6, 6.07) is 18.5. The van der Waals surface area contributed by atoms with E-state index in [1.165, 1.54) is 0 Å². The average molecular weight is 361 g/mol. The molecule has 5 heteroatoms. The van der Waals surface area contributed by atoms with Crippen LogP contribution in [0.25, 0.3) is 21.0 Å². The number of hydrogen-bond donors (Lipinski definition) is 0. The Hall–Kier alpha value is -2.92. The zero-order valence-electron chi connectivity index (χ0n) is 14.3. The van der Waals surface area contributed by atoms with E-state index < -0.39 is 0 Å². The molecule has 0 saturated carbocycles. The molecule has 4 nitrogen and oxygen atoms in total. The summed E-state index contributed by atoms with van der Waals surface area (Å²) in [5, 5.41) is 1.04. The van der Waals surface area contributed by atoms with Gasteiger partial charge in [0.1, 0.15) is 10.8 Å². The van der Waals surface area contributed by atoms with Gasteiger partial charge in [0, 0.05) is 30.7 Å². The van der Waals surface area contributed by atoms with Crippen LogP contribution in [0.5, 0.6) is 5.75 Å². The molecule has 0 saturated heterocycles. The Bertz CT molecular complexity index is 931. The molecule has 2 heterocycles. The average Bonchev–Trinajstić information content (AvgIpc) is 3.39. The molecule has 0 aliphatic rings. The number of hydrogen-bond acceptors (Lipinski definition) is 4. The largest absolute Gasteiger partial charge is 0.494 e. The van der Waals surface area contributed by atoms with Crippen molar-refractivity contribution >= 4 is 11.3 Å². The van der Waals surface area contributed by atoms with Gasteiger partial charge < -0.3 is 9.30 Å². The predicted octanol–water partition coefficient (Wildman–Crippen LogP) is 5.14. The molecule has 0 amide bonds. The van der Waals surface area contributed by atoms with Crippen molar-refractivity contribution in [2.45, 2.75) is 13.0 Å². The summed E-state index contributed by atoms with van der Waals surface area (Å²) < 4.78 is 7.88. The maximum absolute atomic E-state index is 5.82. The molecule has 0 spiro atoms. The molecule has 4 aromatic rings. The molecule has 26 heavy (non-hydrogen) atoms. The topological polar surface area (TPSA) is 39.9 Å². The van der Waals surface area contributed by atoms with Crippen molar-refractivity contribution in [3.05, 3.63) is 79.5 Å². The molecule has 0 atom stereocenters. The first-order chi connectivity index (χ1) is 12.9. The summed E-state index contributed by atoms with van der Waals surface area (Å²) in [6.45, 7) is 1.61. The highest BCUT2D eigenvalue weighted by Gasteiger charge is 2.06. The lowest BCUT2D eigenvalue weighted by atomic mass is 10.2. The second-order valence-corrected chi connectivity index (χ2v) is 6.95. The molecule has 130 valence electrons. The van der Waals surface area contributed by atoms with Crippen LogP contribution >= 0.6 is 11.3 Å². The molecule has 0 bridgehead atoms. The van der Waals surface area contributed by atoms with Crippen LogP contribution < -0.4 is 4.74 Å². The van der Waals surface area contributed by atoms with Crippen LogP contribution in [0.4, 0.5) is 0 Å². The standard InChI is InChI=1S/C21H19N3OS/c1-2-5-18(6-3-1)21-23-15-20(26-21)17-7-9-19(10-8-17)25-14-4-12-24-13-11-22-16-24/h1-3,5-11,13,15-16H,4,12,14H2. The van der Waals surface area contributed by atoms with Gasteiger partial charge in [-0.25, -0.2) is 9.97 Å². The maximum Gasteiger partial charge on any atom is 0.123 e. The molecule has 4 rings (SSSR count). The summed E-state index contributed by atoms with van der Waals surface area (Å²) in [4.78, 5) is 9.75. The van der Waals surface area contributed by atoms with Crippen LogP contribution in [0.2, 0.25) is 0 Å². The Morgan fingerprint density at radius 1 is 0.962 bits per heavy atom. The van der Waals surface area contributed by atoms with Gasteiger partial charge in [-0.05, 0) is 36.2 Å². The molecule has 0 aliphatic heterocycles. The minimum Gasteiger partial charge on any atom is -0.494 e. The van der Waals surface area contributed by atoms with E-state index in [0.29, 0.717) is 6.61 Å². The Kier molecular flexibility index (Phi) is 5.07.